The van der Waals surface area contributed by atoms with E-state index in [4.69, 9.17) is 4.74 Å². The fourth-order valence-electron chi connectivity index (χ4n) is 3.61. The Kier molecular flexibility index (Phi) is 4.42. The molecule has 4 heteroatoms. The van der Waals surface area contributed by atoms with Gasteiger partial charge in [0.05, 0.1) is 4.47 Å². The van der Waals surface area contributed by atoms with Gasteiger partial charge in [-0.3, -0.25) is 0 Å². The monoisotopic (exact) mass is 404 g/mol. The fourth-order valence-corrected chi connectivity index (χ4v) is 5.04. The lowest BCUT2D eigenvalue weighted by molar-refractivity contribution is -0.0467. The maximum absolute atomic E-state index is 13.4. The van der Waals surface area contributed by atoms with E-state index in [1.807, 2.05) is 0 Å². The van der Waals surface area contributed by atoms with Crippen LogP contribution in [0.1, 0.15) is 44.9 Å². The first-order valence-electron chi connectivity index (χ1n) is 7.37. The minimum absolute atomic E-state index is 0.211. The van der Waals surface area contributed by atoms with E-state index in [-0.39, 0.29) is 17.3 Å². The summed E-state index contributed by atoms with van der Waals surface area (Å²) in [7, 11) is 0. The Balaban J connectivity index is 1.78. The second-order valence-electron chi connectivity index (χ2n) is 6.03. The van der Waals surface area contributed by atoms with Crippen LogP contribution in [0, 0.1) is 11.2 Å². The molecule has 3 rings (SSSR count). The highest BCUT2D eigenvalue weighted by atomic mass is 79.9. The minimum atomic E-state index is -0.243. The van der Waals surface area contributed by atoms with E-state index in [1.165, 1.54) is 50.7 Å². The van der Waals surface area contributed by atoms with Crippen molar-refractivity contribution in [3.8, 4) is 5.75 Å². The Labute approximate surface area is 136 Å². The average Bonchev–Trinajstić information content (AvgIpc) is 2.70. The number of alkyl halides is 1. The summed E-state index contributed by atoms with van der Waals surface area (Å²) in [6.07, 6.45) is 8.90. The zero-order valence-corrected chi connectivity index (χ0v) is 14.6. The van der Waals surface area contributed by atoms with Crippen LogP contribution < -0.4 is 4.74 Å². The number of benzene rings is 1. The first-order chi connectivity index (χ1) is 9.62. The van der Waals surface area contributed by atoms with Crippen LogP contribution in [0.3, 0.4) is 0 Å². The van der Waals surface area contributed by atoms with Crippen LogP contribution in [0.4, 0.5) is 4.39 Å². The summed E-state index contributed by atoms with van der Waals surface area (Å²) in [5, 5.41) is 0. The molecule has 0 heterocycles. The van der Waals surface area contributed by atoms with E-state index in [0.717, 1.165) is 10.9 Å². The number of ether oxygens (including phenoxy) is 1. The maximum Gasteiger partial charge on any atom is 0.136 e. The third kappa shape index (κ3) is 2.66. The highest BCUT2D eigenvalue weighted by Gasteiger charge is 2.55. The molecule has 1 spiro atoms. The molecule has 0 aliphatic heterocycles. The van der Waals surface area contributed by atoms with Crippen molar-refractivity contribution in [3.05, 3.63) is 28.5 Å². The van der Waals surface area contributed by atoms with E-state index < -0.39 is 0 Å². The second kappa shape index (κ2) is 5.96. The molecular formula is C16H19Br2FO. The van der Waals surface area contributed by atoms with Crippen molar-refractivity contribution >= 4 is 31.9 Å². The van der Waals surface area contributed by atoms with E-state index in [0.29, 0.717) is 10.6 Å². The minimum Gasteiger partial charge on any atom is -0.488 e. The van der Waals surface area contributed by atoms with Crippen molar-refractivity contribution in [3.63, 3.8) is 0 Å². The largest absolute Gasteiger partial charge is 0.488 e. The lowest BCUT2D eigenvalue weighted by Crippen LogP contribution is -2.56. The molecule has 0 amide bonds. The molecule has 0 N–H and O–H groups in total. The summed E-state index contributed by atoms with van der Waals surface area (Å²) in [5.74, 6) is 0.394. The molecule has 2 aliphatic carbocycles. The molecule has 2 unspecified atom stereocenters. The molecule has 110 valence electrons. The molecule has 2 saturated carbocycles. The SMILES string of the molecule is Fc1ccc(Br)c(OC2CC(Br)C23CCCCCC3)c1. The lowest BCUT2D eigenvalue weighted by atomic mass is 9.61. The van der Waals surface area contributed by atoms with Crippen LogP contribution >= 0.6 is 31.9 Å². The van der Waals surface area contributed by atoms with Crippen molar-refractivity contribution in [2.75, 3.05) is 0 Å². The van der Waals surface area contributed by atoms with Crippen LogP contribution in [0.5, 0.6) is 5.75 Å². The van der Waals surface area contributed by atoms with Gasteiger partial charge in [0.1, 0.15) is 17.7 Å². The first-order valence-corrected chi connectivity index (χ1v) is 9.08. The van der Waals surface area contributed by atoms with Gasteiger partial charge in [0.25, 0.3) is 0 Å². The molecule has 2 aliphatic rings. The third-order valence-corrected chi connectivity index (χ3v) is 6.82. The van der Waals surface area contributed by atoms with E-state index >= 15 is 0 Å². The summed E-state index contributed by atoms with van der Waals surface area (Å²) >= 11 is 7.29. The van der Waals surface area contributed by atoms with Crippen molar-refractivity contribution in [2.45, 2.75) is 55.9 Å². The average molecular weight is 406 g/mol. The van der Waals surface area contributed by atoms with Crippen molar-refractivity contribution in [1.82, 2.24) is 0 Å². The molecule has 1 aromatic carbocycles. The van der Waals surface area contributed by atoms with Gasteiger partial charge in [-0.2, -0.15) is 0 Å². The van der Waals surface area contributed by atoms with Gasteiger partial charge in [-0.05, 0) is 47.3 Å². The number of halogens is 3. The summed E-state index contributed by atoms with van der Waals surface area (Å²) in [6, 6.07) is 4.65. The summed E-state index contributed by atoms with van der Waals surface area (Å²) < 4.78 is 20.4. The molecule has 0 saturated heterocycles. The first kappa shape index (κ1) is 14.8. The predicted octanol–water partition coefficient (Wildman–Crippen LogP) is 5.84. The Bertz CT molecular complexity index is 483. The van der Waals surface area contributed by atoms with Crippen molar-refractivity contribution < 1.29 is 9.13 Å². The number of rotatable bonds is 2. The number of hydrogen-bond donors (Lipinski definition) is 0. The van der Waals surface area contributed by atoms with Gasteiger partial charge in [0.15, 0.2) is 0 Å². The Morgan fingerprint density at radius 1 is 1.15 bits per heavy atom. The predicted molar refractivity (Wildman–Crippen MR) is 86.0 cm³/mol. The summed E-state index contributed by atoms with van der Waals surface area (Å²) in [6.45, 7) is 0. The van der Waals surface area contributed by atoms with Gasteiger partial charge in [0.2, 0.25) is 0 Å². The molecule has 0 bridgehead atoms. The van der Waals surface area contributed by atoms with Crippen LogP contribution in [-0.4, -0.2) is 10.9 Å². The molecule has 1 aromatic rings. The fraction of sp³-hybridized carbons (Fsp3) is 0.625. The van der Waals surface area contributed by atoms with Crippen molar-refractivity contribution in [2.24, 2.45) is 5.41 Å². The van der Waals surface area contributed by atoms with Gasteiger partial charge in [0, 0.05) is 16.3 Å². The van der Waals surface area contributed by atoms with Gasteiger partial charge < -0.3 is 4.74 Å². The Hall–Kier alpha value is -0.0900. The normalized spacial score (nSPS) is 28.8. The molecular weight excluding hydrogens is 387 g/mol. The van der Waals surface area contributed by atoms with Crippen LogP contribution in [-0.2, 0) is 0 Å². The molecule has 2 fully saturated rings. The summed E-state index contributed by atoms with van der Waals surface area (Å²) in [5.41, 5.74) is 0.252. The van der Waals surface area contributed by atoms with Gasteiger partial charge in [-0.1, -0.05) is 41.6 Å². The number of hydrogen-bond acceptors (Lipinski definition) is 1. The molecule has 0 radical (unpaired) electrons. The quantitative estimate of drug-likeness (QED) is 0.561. The highest BCUT2D eigenvalue weighted by Crippen LogP contribution is 2.56. The Morgan fingerprint density at radius 3 is 2.50 bits per heavy atom. The molecule has 2 atom stereocenters. The second-order valence-corrected chi connectivity index (χ2v) is 7.99. The van der Waals surface area contributed by atoms with Gasteiger partial charge in [-0.15, -0.1) is 0 Å². The van der Waals surface area contributed by atoms with Crippen molar-refractivity contribution in [1.29, 1.82) is 0 Å². The van der Waals surface area contributed by atoms with E-state index in [1.54, 1.807) is 6.07 Å². The molecule has 0 aromatic heterocycles. The topological polar surface area (TPSA) is 9.23 Å². The standard InChI is InChI=1S/C16H19Br2FO/c17-12-6-5-11(19)9-13(12)20-15-10-14(18)16(15)7-3-1-2-4-8-16/h5-6,9,14-15H,1-4,7-8,10H2. The van der Waals surface area contributed by atoms with E-state index in [2.05, 4.69) is 31.9 Å². The van der Waals surface area contributed by atoms with Crippen LogP contribution in [0.15, 0.2) is 22.7 Å². The van der Waals surface area contributed by atoms with Crippen LogP contribution in [0.2, 0.25) is 0 Å². The third-order valence-electron chi connectivity index (χ3n) is 4.88. The smallest absolute Gasteiger partial charge is 0.136 e. The maximum atomic E-state index is 13.4. The molecule has 1 nitrogen and oxygen atoms in total. The zero-order chi connectivity index (χ0) is 14.2. The lowest BCUT2D eigenvalue weighted by Gasteiger charge is -2.53. The van der Waals surface area contributed by atoms with Gasteiger partial charge >= 0.3 is 0 Å². The highest BCUT2D eigenvalue weighted by molar-refractivity contribution is 9.10. The van der Waals surface area contributed by atoms with Crippen LogP contribution in [0.25, 0.3) is 0 Å². The Morgan fingerprint density at radius 2 is 1.85 bits per heavy atom. The summed E-state index contributed by atoms with van der Waals surface area (Å²) in [4.78, 5) is 0.547. The van der Waals surface area contributed by atoms with Gasteiger partial charge in [-0.25, -0.2) is 4.39 Å². The van der Waals surface area contributed by atoms with E-state index in [9.17, 15) is 4.39 Å². The molecule has 20 heavy (non-hydrogen) atoms. The zero-order valence-electron chi connectivity index (χ0n) is 11.4.